The number of halogens is 1. The summed E-state index contributed by atoms with van der Waals surface area (Å²) in [4.78, 5) is 15.0. The predicted octanol–water partition coefficient (Wildman–Crippen LogP) is 3.56. The standard InChI is InChI=1S/C18H33BrN2O3/c1-18(2,3)24-17(22)20-16(14-7-5-4-6-8-14)15(19)13-21-9-11-23-12-10-21/h14-16H,4-13H2,1-3H3,(H,20,22)/t15-,16+/m0/s1. The molecule has 1 N–H and O–H groups in total. The summed E-state index contributed by atoms with van der Waals surface area (Å²) in [5, 5.41) is 3.17. The lowest BCUT2D eigenvalue weighted by atomic mass is 9.82. The molecule has 2 rings (SSSR count). The lowest BCUT2D eigenvalue weighted by molar-refractivity contribution is 0.0330. The highest BCUT2D eigenvalue weighted by atomic mass is 79.9. The Labute approximate surface area is 154 Å². The number of hydrogen-bond acceptors (Lipinski definition) is 4. The van der Waals surface area contributed by atoms with Crippen molar-refractivity contribution in [2.45, 2.75) is 69.3 Å². The highest BCUT2D eigenvalue weighted by Gasteiger charge is 2.33. The molecule has 6 heteroatoms. The zero-order valence-corrected chi connectivity index (χ0v) is 16.9. The quantitative estimate of drug-likeness (QED) is 0.711. The van der Waals surface area contributed by atoms with Crippen LogP contribution in [0.25, 0.3) is 0 Å². The van der Waals surface area contributed by atoms with E-state index < -0.39 is 5.60 Å². The Kier molecular flexibility index (Phi) is 7.82. The van der Waals surface area contributed by atoms with E-state index in [1.54, 1.807) is 0 Å². The van der Waals surface area contributed by atoms with Crippen molar-refractivity contribution in [3.05, 3.63) is 0 Å². The van der Waals surface area contributed by atoms with Crippen molar-refractivity contribution in [1.82, 2.24) is 10.2 Å². The fourth-order valence-corrected chi connectivity index (χ4v) is 4.56. The Morgan fingerprint density at radius 2 is 1.88 bits per heavy atom. The van der Waals surface area contributed by atoms with Gasteiger partial charge in [0.1, 0.15) is 5.60 Å². The van der Waals surface area contributed by atoms with Gasteiger partial charge in [-0.25, -0.2) is 4.79 Å². The Hall–Kier alpha value is -0.330. The van der Waals surface area contributed by atoms with E-state index in [4.69, 9.17) is 9.47 Å². The first-order valence-electron chi connectivity index (χ1n) is 9.29. The largest absolute Gasteiger partial charge is 0.444 e. The predicted molar refractivity (Wildman–Crippen MR) is 99.7 cm³/mol. The van der Waals surface area contributed by atoms with Crippen LogP contribution < -0.4 is 5.32 Å². The number of carbonyl (C=O) groups excluding carboxylic acids is 1. The molecule has 2 fully saturated rings. The van der Waals surface area contributed by atoms with Crippen molar-refractivity contribution < 1.29 is 14.3 Å². The van der Waals surface area contributed by atoms with Crippen LogP contribution in [0.5, 0.6) is 0 Å². The molecule has 140 valence electrons. The molecule has 2 atom stereocenters. The van der Waals surface area contributed by atoms with Gasteiger partial charge in [-0.3, -0.25) is 4.90 Å². The number of rotatable bonds is 5. The molecule has 24 heavy (non-hydrogen) atoms. The van der Waals surface area contributed by atoms with Gasteiger partial charge in [-0.1, -0.05) is 35.2 Å². The minimum atomic E-state index is -0.465. The molecule has 0 unspecified atom stereocenters. The number of nitrogens with zero attached hydrogens (tertiary/aromatic N) is 1. The summed E-state index contributed by atoms with van der Waals surface area (Å²) in [6, 6.07) is 0.114. The fourth-order valence-electron chi connectivity index (χ4n) is 3.58. The summed E-state index contributed by atoms with van der Waals surface area (Å²) < 4.78 is 10.9. The molecule has 0 radical (unpaired) electrons. The summed E-state index contributed by atoms with van der Waals surface area (Å²) in [6.07, 6.45) is 5.90. The molecule has 1 saturated carbocycles. The van der Waals surface area contributed by atoms with Crippen molar-refractivity contribution in [2.75, 3.05) is 32.8 Å². The third-order valence-electron chi connectivity index (χ3n) is 4.77. The monoisotopic (exact) mass is 404 g/mol. The van der Waals surface area contributed by atoms with E-state index in [0.717, 1.165) is 32.8 Å². The van der Waals surface area contributed by atoms with Gasteiger partial charge in [0.05, 0.1) is 13.2 Å². The maximum atomic E-state index is 12.3. The van der Waals surface area contributed by atoms with Crippen LogP contribution in [-0.4, -0.2) is 60.3 Å². The second-order valence-corrected chi connectivity index (χ2v) is 9.18. The normalized spacial score (nSPS) is 23.5. The first-order valence-corrected chi connectivity index (χ1v) is 10.2. The van der Waals surface area contributed by atoms with Crippen LogP contribution in [0.1, 0.15) is 52.9 Å². The lowest BCUT2D eigenvalue weighted by Gasteiger charge is -2.37. The van der Waals surface area contributed by atoms with Gasteiger partial charge in [-0.2, -0.15) is 0 Å². The average molecular weight is 405 g/mol. The zero-order valence-electron chi connectivity index (χ0n) is 15.4. The highest BCUT2D eigenvalue weighted by Crippen LogP contribution is 2.30. The molecule has 0 aromatic rings. The van der Waals surface area contributed by atoms with Gasteiger partial charge in [0.25, 0.3) is 0 Å². The van der Waals surface area contributed by atoms with E-state index in [1.165, 1.54) is 32.1 Å². The molecule has 1 aliphatic carbocycles. The summed E-state index contributed by atoms with van der Waals surface area (Å²) >= 11 is 3.87. The molecule has 1 amide bonds. The van der Waals surface area contributed by atoms with Gasteiger partial charge in [-0.15, -0.1) is 0 Å². The Morgan fingerprint density at radius 1 is 1.25 bits per heavy atom. The molecule has 2 aliphatic rings. The van der Waals surface area contributed by atoms with E-state index in [1.807, 2.05) is 20.8 Å². The Balaban J connectivity index is 1.96. The summed E-state index contributed by atoms with van der Waals surface area (Å²) in [5.41, 5.74) is -0.465. The summed E-state index contributed by atoms with van der Waals surface area (Å²) in [7, 11) is 0. The second kappa shape index (κ2) is 9.39. The van der Waals surface area contributed by atoms with Crippen molar-refractivity contribution >= 4 is 22.0 Å². The first-order chi connectivity index (χ1) is 11.3. The Morgan fingerprint density at radius 3 is 2.46 bits per heavy atom. The average Bonchev–Trinajstić information content (AvgIpc) is 2.52. The van der Waals surface area contributed by atoms with Gasteiger partial charge in [-0.05, 0) is 39.5 Å². The topological polar surface area (TPSA) is 50.8 Å². The number of amides is 1. The second-order valence-electron chi connectivity index (χ2n) is 8.00. The number of alkyl halides is 1. The number of hydrogen-bond donors (Lipinski definition) is 1. The lowest BCUT2D eigenvalue weighted by Crippen LogP contribution is -2.52. The van der Waals surface area contributed by atoms with E-state index in [9.17, 15) is 4.79 Å². The van der Waals surface area contributed by atoms with E-state index in [-0.39, 0.29) is 17.0 Å². The van der Waals surface area contributed by atoms with Crippen molar-refractivity contribution in [3.63, 3.8) is 0 Å². The third-order valence-corrected chi connectivity index (χ3v) is 5.63. The molecular formula is C18H33BrN2O3. The molecule has 0 bridgehead atoms. The highest BCUT2D eigenvalue weighted by molar-refractivity contribution is 9.09. The maximum absolute atomic E-state index is 12.3. The fraction of sp³-hybridized carbons (Fsp3) is 0.944. The minimum Gasteiger partial charge on any atom is -0.444 e. The molecule has 1 saturated heterocycles. The van der Waals surface area contributed by atoms with Gasteiger partial charge >= 0.3 is 6.09 Å². The number of morpholine rings is 1. The van der Waals surface area contributed by atoms with Crippen LogP contribution in [0.2, 0.25) is 0 Å². The zero-order chi connectivity index (χ0) is 17.6. The van der Waals surface area contributed by atoms with Gasteiger partial charge in [0.15, 0.2) is 0 Å². The van der Waals surface area contributed by atoms with Gasteiger partial charge in [0, 0.05) is 30.5 Å². The van der Waals surface area contributed by atoms with Crippen LogP contribution in [0.15, 0.2) is 0 Å². The van der Waals surface area contributed by atoms with E-state index in [2.05, 4.69) is 26.1 Å². The van der Waals surface area contributed by atoms with Crippen LogP contribution in [0, 0.1) is 5.92 Å². The molecular weight excluding hydrogens is 372 g/mol. The minimum absolute atomic E-state index is 0.114. The van der Waals surface area contributed by atoms with Crippen LogP contribution >= 0.6 is 15.9 Å². The van der Waals surface area contributed by atoms with Crippen molar-refractivity contribution in [3.8, 4) is 0 Å². The van der Waals surface area contributed by atoms with Gasteiger partial charge in [0.2, 0.25) is 0 Å². The van der Waals surface area contributed by atoms with E-state index >= 15 is 0 Å². The molecule has 5 nitrogen and oxygen atoms in total. The third kappa shape index (κ3) is 6.89. The maximum Gasteiger partial charge on any atom is 0.407 e. The molecule has 1 aliphatic heterocycles. The molecule has 0 aromatic carbocycles. The van der Waals surface area contributed by atoms with E-state index in [0.29, 0.717) is 5.92 Å². The summed E-state index contributed by atoms with van der Waals surface area (Å²) in [6.45, 7) is 10.2. The van der Waals surface area contributed by atoms with Crippen LogP contribution in [0.3, 0.4) is 0 Å². The smallest absolute Gasteiger partial charge is 0.407 e. The number of carbonyl (C=O) groups is 1. The molecule has 1 heterocycles. The molecule has 0 spiro atoms. The molecule has 0 aromatic heterocycles. The summed E-state index contributed by atoms with van der Waals surface area (Å²) in [5.74, 6) is 0.525. The number of nitrogens with one attached hydrogen (secondary N) is 1. The number of alkyl carbamates (subject to hydrolysis) is 1. The van der Waals surface area contributed by atoms with Crippen LogP contribution in [-0.2, 0) is 9.47 Å². The number of ether oxygens (including phenoxy) is 2. The SMILES string of the molecule is CC(C)(C)OC(=O)N[C@H](C1CCCCC1)[C@@H](Br)CN1CCOCC1. The van der Waals surface area contributed by atoms with Crippen molar-refractivity contribution in [2.24, 2.45) is 5.92 Å². The van der Waals surface area contributed by atoms with Crippen LogP contribution in [0.4, 0.5) is 4.79 Å². The van der Waals surface area contributed by atoms with Gasteiger partial charge < -0.3 is 14.8 Å². The first kappa shape index (κ1) is 20.0. The Bertz CT molecular complexity index is 388. The van der Waals surface area contributed by atoms with Crippen molar-refractivity contribution in [1.29, 1.82) is 0 Å².